The van der Waals surface area contributed by atoms with E-state index < -0.39 is 5.60 Å². The maximum atomic E-state index is 11.2. The molecule has 18 heavy (non-hydrogen) atoms. The van der Waals surface area contributed by atoms with Crippen LogP contribution in [0.2, 0.25) is 0 Å². The lowest BCUT2D eigenvalue weighted by atomic mass is 9.59. The lowest BCUT2D eigenvalue weighted by Crippen LogP contribution is -2.48. The molecule has 0 unspecified atom stereocenters. The Morgan fingerprint density at radius 2 is 1.61 bits per heavy atom. The van der Waals surface area contributed by atoms with Crippen molar-refractivity contribution in [2.75, 3.05) is 7.11 Å². The van der Waals surface area contributed by atoms with Crippen molar-refractivity contribution in [1.82, 2.24) is 9.97 Å². The Kier molecular flexibility index (Phi) is 2.98. The van der Waals surface area contributed by atoms with Crippen LogP contribution in [0.25, 0.3) is 0 Å². The summed E-state index contributed by atoms with van der Waals surface area (Å²) in [6.45, 7) is 0. The standard InChI is InChI=1S/C14H20N2O2/c1-18-13-15-8-12(9-16-13)14(17,10-4-2-5-10)11-6-3-7-11/h8-11,17H,2-7H2,1H3. The van der Waals surface area contributed by atoms with Crippen LogP contribution in [0.5, 0.6) is 6.01 Å². The summed E-state index contributed by atoms with van der Waals surface area (Å²) >= 11 is 0. The van der Waals surface area contributed by atoms with E-state index in [2.05, 4.69) is 9.97 Å². The highest BCUT2D eigenvalue weighted by molar-refractivity contribution is 5.21. The quantitative estimate of drug-likeness (QED) is 0.888. The molecule has 0 saturated heterocycles. The van der Waals surface area contributed by atoms with E-state index in [1.807, 2.05) is 0 Å². The van der Waals surface area contributed by atoms with Crippen molar-refractivity contribution >= 4 is 0 Å². The van der Waals surface area contributed by atoms with Crippen LogP contribution in [0, 0.1) is 11.8 Å². The second-order valence-electron chi connectivity index (χ2n) is 5.54. The number of aromatic nitrogens is 2. The first-order valence-corrected chi connectivity index (χ1v) is 6.84. The molecule has 2 aliphatic rings. The van der Waals surface area contributed by atoms with Crippen molar-refractivity contribution in [1.29, 1.82) is 0 Å². The fourth-order valence-electron chi connectivity index (χ4n) is 3.13. The summed E-state index contributed by atoms with van der Waals surface area (Å²) in [5, 5.41) is 11.2. The summed E-state index contributed by atoms with van der Waals surface area (Å²) in [5.74, 6) is 0.777. The van der Waals surface area contributed by atoms with Gasteiger partial charge in [-0.25, -0.2) is 9.97 Å². The van der Waals surface area contributed by atoms with Crippen LogP contribution >= 0.6 is 0 Å². The molecule has 98 valence electrons. The van der Waals surface area contributed by atoms with Crippen LogP contribution in [-0.4, -0.2) is 22.2 Å². The van der Waals surface area contributed by atoms with Crippen molar-refractivity contribution in [2.45, 2.75) is 44.1 Å². The molecule has 1 heterocycles. The topological polar surface area (TPSA) is 55.2 Å². The molecule has 0 amide bonds. The predicted molar refractivity (Wildman–Crippen MR) is 67.2 cm³/mol. The van der Waals surface area contributed by atoms with Crippen LogP contribution in [-0.2, 0) is 5.60 Å². The van der Waals surface area contributed by atoms with E-state index in [0.717, 1.165) is 31.2 Å². The van der Waals surface area contributed by atoms with E-state index in [4.69, 9.17) is 4.74 Å². The van der Waals surface area contributed by atoms with Crippen LogP contribution in [0.4, 0.5) is 0 Å². The molecule has 2 saturated carbocycles. The molecule has 2 fully saturated rings. The van der Waals surface area contributed by atoms with Gasteiger partial charge in [0.15, 0.2) is 0 Å². The second kappa shape index (κ2) is 4.50. The lowest BCUT2D eigenvalue weighted by Gasteiger charge is -2.49. The molecular weight excluding hydrogens is 228 g/mol. The zero-order valence-corrected chi connectivity index (χ0v) is 10.8. The summed E-state index contributed by atoms with van der Waals surface area (Å²) in [6, 6.07) is 0.364. The average Bonchev–Trinajstić information content (AvgIpc) is 2.24. The Balaban J connectivity index is 1.91. The fraction of sp³-hybridized carbons (Fsp3) is 0.714. The van der Waals surface area contributed by atoms with Gasteiger partial charge in [-0.1, -0.05) is 12.8 Å². The van der Waals surface area contributed by atoms with Crippen molar-refractivity contribution in [3.63, 3.8) is 0 Å². The van der Waals surface area contributed by atoms with Gasteiger partial charge in [-0.2, -0.15) is 0 Å². The van der Waals surface area contributed by atoms with E-state index in [1.165, 1.54) is 12.8 Å². The van der Waals surface area contributed by atoms with Crippen LogP contribution in [0.3, 0.4) is 0 Å². The molecule has 1 aromatic heterocycles. The summed E-state index contributed by atoms with van der Waals surface area (Å²) in [7, 11) is 1.55. The van der Waals surface area contributed by atoms with Gasteiger partial charge in [-0.15, -0.1) is 0 Å². The number of hydrogen-bond donors (Lipinski definition) is 1. The van der Waals surface area contributed by atoms with E-state index in [9.17, 15) is 5.11 Å². The van der Waals surface area contributed by atoms with Crippen LogP contribution in [0.15, 0.2) is 12.4 Å². The number of rotatable bonds is 4. The van der Waals surface area contributed by atoms with Gasteiger partial charge in [0.25, 0.3) is 0 Å². The predicted octanol–water partition coefficient (Wildman–Crippen LogP) is 2.27. The van der Waals surface area contributed by atoms with Gasteiger partial charge in [-0.05, 0) is 37.5 Å². The molecule has 0 aliphatic heterocycles. The first-order chi connectivity index (χ1) is 8.75. The number of methoxy groups -OCH3 is 1. The highest BCUT2D eigenvalue weighted by Gasteiger charge is 2.49. The molecule has 0 atom stereocenters. The van der Waals surface area contributed by atoms with Gasteiger partial charge in [0.2, 0.25) is 0 Å². The highest BCUT2D eigenvalue weighted by atomic mass is 16.5. The monoisotopic (exact) mass is 248 g/mol. The Morgan fingerprint density at radius 3 is 1.94 bits per heavy atom. The van der Waals surface area contributed by atoms with Gasteiger partial charge in [-0.3, -0.25) is 0 Å². The molecule has 4 heteroatoms. The number of nitrogens with zero attached hydrogens (tertiary/aromatic N) is 2. The van der Waals surface area contributed by atoms with Gasteiger partial charge in [0.05, 0.1) is 12.7 Å². The fourth-order valence-corrected chi connectivity index (χ4v) is 3.13. The molecule has 3 rings (SSSR count). The van der Waals surface area contributed by atoms with Gasteiger partial charge in [0.1, 0.15) is 0 Å². The maximum absolute atomic E-state index is 11.2. The van der Waals surface area contributed by atoms with E-state index in [1.54, 1.807) is 19.5 Å². The Bertz CT molecular complexity index is 396. The van der Waals surface area contributed by atoms with Gasteiger partial charge >= 0.3 is 6.01 Å². The SMILES string of the molecule is COc1ncc(C(O)(C2CCC2)C2CCC2)cn1. The van der Waals surface area contributed by atoms with Crippen molar-refractivity contribution in [2.24, 2.45) is 11.8 Å². The van der Waals surface area contributed by atoms with E-state index in [-0.39, 0.29) is 0 Å². The smallest absolute Gasteiger partial charge is 0.316 e. The molecule has 2 aliphatic carbocycles. The Hall–Kier alpha value is -1.16. The molecule has 0 radical (unpaired) electrons. The Morgan fingerprint density at radius 1 is 1.11 bits per heavy atom. The van der Waals surface area contributed by atoms with Gasteiger partial charge < -0.3 is 9.84 Å². The Labute approximate surface area is 107 Å². The minimum atomic E-state index is -0.706. The van der Waals surface area contributed by atoms with E-state index in [0.29, 0.717) is 17.8 Å². The average molecular weight is 248 g/mol. The van der Waals surface area contributed by atoms with Crippen molar-refractivity contribution < 1.29 is 9.84 Å². The second-order valence-corrected chi connectivity index (χ2v) is 5.54. The zero-order valence-electron chi connectivity index (χ0n) is 10.8. The summed E-state index contributed by atoms with van der Waals surface area (Å²) in [6.07, 6.45) is 10.4. The largest absolute Gasteiger partial charge is 0.467 e. The molecule has 4 nitrogen and oxygen atoms in total. The molecule has 0 bridgehead atoms. The number of ether oxygens (including phenoxy) is 1. The van der Waals surface area contributed by atoms with Crippen LogP contribution < -0.4 is 4.74 Å². The summed E-state index contributed by atoms with van der Waals surface area (Å²) in [5.41, 5.74) is 0.167. The van der Waals surface area contributed by atoms with Crippen molar-refractivity contribution in [3.05, 3.63) is 18.0 Å². The number of aliphatic hydroxyl groups is 1. The first kappa shape index (κ1) is 11.9. The normalized spacial score (nSPS) is 21.2. The first-order valence-electron chi connectivity index (χ1n) is 6.84. The molecule has 0 aromatic carbocycles. The van der Waals surface area contributed by atoms with Gasteiger partial charge in [0, 0.05) is 18.0 Å². The molecule has 1 N–H and O–H groups in total. The highest BCUT2D eigenvalue weighted by Crippen LogP contribution is 2.52. The molecule has 1 aromatic rings. The summed E-state index contributed by atoms with van der Waals surface area (Å²) < 4.78 is 4.98. The molecular formula is C14H20N2O2. The molecule has 0 spiro atoms. The van der Waals surface area contributed by atoms with Crippen LogP contribution in [0.1, 0.15) is 44.1 Å². The minimum absolute atomic E-state index is 0.364. The minimum Gasteiger partial charge on any atom is -0.467 e. The third kappa shape index (κ3) is 1.70. The maximum Gasteiger partial charge on any atom is 0.316 e. The zero-order chi connectivity index (χ0) is 12.6. The third-order valence-electron chi connectivity index (χ3n) is 4.73. The third-order valence-corrected chi connectivity index (χ3v) is 4.73. The summed E-state index contributed by atoms with van der Waals surface area (Å²) in [4.78, 5) is 8.30. The van der Waals surface area contributed by atoms with E-state index >= 15 is 0 Å². The number of hydrogen-bond acceptors (Lipinski definition) is 4. The lowest BCUT2D eigenvalue weighted by molar-refractivity contribution is -0.126. The van der Waals surface area contributed by atoms with Crippen molar-refractivity contribution in [3.8, 4) is 6.01 Å².